The SMILES string of the molecule is CC(C)(C)C(N)OC(N)=O. The van der Waals surface area contributed by atoms with Crippen LogP contribution in [0.5, 0.6) is 0 Å². The predicted molar refractivity (Wildman–Crippen MR) is 38.1 cm³/mol. The summed E-state index contributed by atoms with van der Waals surface area (Å²) in [6.45, 7) is 5.59. The highest BCUT2D eigenvalue weighted by Gasteiger charge is 2.23. The molecule has 0 aliphatic carbocycles. The first-order valence-corrected chi connectivity index (χ1v) is 3.05. The zero-order valence-corrected chi connectivity index (χ0v) is 6.55. The van der Waals surface area contributed by atoms with E-state index in [1.807, 2.05) is 20.8 Å². The average molecular weight is 146 g/mol. The molecule has 1 atom stereocenters. The Morgan fingerprint density at radius 1 is 1.50 bits per heavy atom. The molecule has 0 saturated carbocycles. The molecule has 4 heteroatoms. The van der Waals surface area contributed by atoms with Gasteiger partial charge < -0.3 is 10.5 Å². The lowest BCUT2D eigenvalue weighted by atomic mass is 9.95. The number of ether oxygens (including phenoxy) is 1. The molecule has 0 fully saturated rings. The van der Waals surface area contributed by atoms with E-state index in [4.69, 9.17) is 11.5 Å². The number of amides is 1. The fourth-order valence-electron chi connectivity index (χ4n) is 0.302. The van der Waals surface area contributed by atoms with E-state index in [2.05, 4.69) is 4.74 Å². The van der Waals surface area contributed by atoms with E-state index >= 15 is 0 Å². The van der Waals surface area contributed by atoms with Gasteiger partial charge in [-0.15, -0.1) is 0 Å². The summed E-state index contributed by atoms with van der Waals surface area (Å²) in [5, 5.41) is 0. The Morgan fingerprint density at radius 3 is 2.00 bits per heavy atom. The van der Waals surface area contributed by atoms with Gasteiger partial charge in [0.25, 0.3) is 0 Å². The van der Waals surface area contributed by atoms with Crippen molar-refractivity contribution in [1.29, 1.82) is 0 Å². The average Bonchev–Trinajstić information content (AvgIpc) is 1.60. The van der Waals surface area contributed by atoms with Crippen molar-refractivity contribution in [1.82, 2.24) is 0 Å². The van der Waals surface area contributed by atoms with Crippen LogP contribution in [0.1, 0.15) is 20.8 Å². The summed E-state index contributed by atoms with van der Waals surface area (Å²) in [6.07, 6.45) is -1.47. The van der Waals surface area contributed by atoms with E-state index in [1.165, 1.54) is 0 Å². The van der Waals surface area contributed by atoms with Gasteiger partial charge in [0.2, 0.25) is 0 Å². The Balaban J connectivity index is 3.85. The van der Waals surface area contributed by atoms with Gasteiger partial charge in [-0.25, -0.2) is 4.79 Å². The number of rotatable bonds is 1. The van der Waals surface area contributed by atoms with E-state index in [1.54, 1.807) is 0 Å². The lowest BCUT2D eigenvalue weighted by Crippen LogP contribution is -2.40. The molecule has 0 heterocycles. The van der Waals surface area contributed by atoms with Crippen LogP contribution in [-0.2, 0) is 4.74 Å². The number of primary amides is 1. The molecule has 0 aliphatic heterocycles. The molecule has 4 nitrogen and oxygen atoms in total. The summed E-state index contributed by atoms with van der Waals surface area (Å²) >= 11 is 0. The third-order valence-corrected chi connectivity index (χ3v) is 1.10. The molecule has 10 heavy (non-hydrogen) atoms. The van der Waals surface area contributed by atoms with Gasteiger partial charge in [-0.2, -0.15) is 0 Å². The second-order valence-electron chi connectivity index (χ2n) is 3.22. The molecule has 0 aromatic carbocycles. The van der Waals surface area contributed by atoms with Gasteiger partial charge in [0.05, 0.1) is 0 Å². The fraction of sp³-hybridized carbons (Fsp3) is 0.833. The molecule has 60 valence electrons. The van der Waals surface area contributed by atoms with Crippen LogP contribution in [0.25, 0.3) is 0 Å². The summed E-state index contributed by atoms with van der Waals surface area (Å²) in [5.41, 5.74) is 9.92. The van der Waals surface area contributed by atoms with Crippen LogP contribution in [-0.4, -0.2) is 12.3 Å². The third kappa shape index (κ3) is 3.29. The maximum Gasteiger partial charge on any atom is 0.406 e. The zero-order chi connectivity index (χ0) is 8.36. The summed E-state index contributed by atoms with van der Waals surface area (Å²) in [5.74, 6) is 0. The highest BCUT2D eigenvalue weighted by molar-refractivity contribution is 5.64. The van der Waals surface area contributed by atoms with Crippen molar-refractivity contribution in [3.05, 3.63) is 0 Å². The van der Waals surface area contributed by atoms with Crippen LogP contribution in [0.2, 0.25) is 0 Å². The van der Waals surface area contributed by atoms with Crippen LogP contribution in [0.4, 0.5) is 4.79 Å². The number of hydrogen-bond acceptors (Lipinski definition) is 3. The second-order valence-corrected chi connectivity index (χ2v) is 3.22. The number of carbonyl (C=O) groups excluding carboxylic acids is 1. The smallest absolute Gasteiger partial charge is 0.406 e. The predicted octanol–water partition coefficient (Wildman–Crippen LogP) is 0.413. The fourth-order valence-corrected chi connectivity index (χ4v) is 0.302. The second kappa shape index (κ2) is 2.88. The molecule has 0 aliphatic rings. The van der Waals surface area contributed by atoms with E-state index in [0.29, 0.717) is 0 Å². The lowest BCUT2D eigenvalue weighted by Gasteiger charge is -2.25. The third-order valence-electron chi connectivity index (χ3n) is 1.10. The van der Waals surface area contributed by atoms with Crippen LogP contribution in [0, 0.1) is 5.41 Å². The van der Waals surface area contributed by atoms with Crippen molar-refractivity contribution in [2.45, 2.75) is 27.0 Å². The van der Waals surface area contributed by atoms with E-state index < -0.39 is 12.3 Å². The summed E-state index contributed by atoms with van der Waals surface area (Å²) in [4.78, 5) is 10.2. The number of carbonyl (C=O) groups is 1. The monoisotopic (exact) mass is 146 g/mol. The maximum absolute atomic E-state index is 10.2. The highest BCUT2D eigenvalue weighted by atomic mass is 16.6. The molecule has 0 rings (SSSR count). The van der Waals surface area contributed by atoms with Gasteiger partial charge in [-0.3, -0.25) is 5.73 Å². The van der Waals surface area contributed by atoms with Crippen molar-refractivity contribution in [2.75, 3.05) is 0 Å². The number of hydrogen-bond donors (Lipinski definition) is 2. The minimum absolute atomic E-state index is 0.255. The van der Waals surface area contributed by atoms with Crippen LogP contribution < -0.4 is 11.5 Å². The Labute approximate surface area is 60.5 Å². The molecule has 0 saturated heterocycles. The summed E-state index contributed by atoms with van der Waals surface area (Å²) in [7, 11) is 0. The van der Waals surface area contributed by atoms with Gasteiger partial charge in [0.1, 0.15) is 0 Å². The van der Waals surface area contributed by atoms with Crippen molar-refractivity contribution >= 4 is 6.09 Å². The van der Waals surface area contributed by atoms with E-state index in [-0.39, 0.29) is 5.41 Å². The van der Waals surface area contributed by atoms with Gasteiger partial charge >= 0.3 is 6.09 Å². The van der Waals surface area contributed by atoms with Crippen molar-refractivity contribution in [2.24, 2.45) is 16.9 Å². The molecule has 0 spiro atoms. The number of nitrogens with two attached hydrogens (primary N) is 2. The molecule has 0 bridgehead atoms. The Hall–Kier alpha value is -0.770. The van der Waals surface area contributed by atoms with Crippen LogP contribution in [0.3, 0.4) is 0 Å². The minimum Gasteiger partial charge on any atom is -0.430 e. The molecule has 1 amide bonds. The van der Waals surface area contributed by atoms with Gasteiger partial charge in [0.15, 0.2) is 6.23 Å². The van der Waals surface area contributed by atoms with E-state index in [0.717, 1.165) is 0 Å². The van der Waals surface area contributed by atoms with Crippen molar-refractivity contribution in [3.63, 3.8) is 0 Å². The van der Waals surface area contributed by atoms with Crippen LogP contribution >= 0.6 is 0 Å². The normalized spacial score (nSPS) is 14.4. The first-order chi connectivity index (χ1) is 4.34. The van der Waals surface area contributed by atoms with Crippen LogP contribution in [0.15, 0.2) is 0 Å². The molecule has 0 aromatic rings. The molecule has 0 radical (unpaired) electrons. The topological polar surface area (TPSA) is 78.3 Å². The first-order valence-electron chi connectivity index (χ1n) is 3.05. The van der Waals surface area contributed by atoms with Gasteiger partial charge in [-0.05, 0) is 0 Å². The zero-order valence-electron chi connectivity index (χ0n) is 6.55. The quantitative estimate of drug-likeness (QED) is 0.526. The molecular weight excluding hydrogens is 132 g/mol. The minimum atomic E-state index is -0.831. The van der Waals surface area contributed by atoms with E-state index in [9.17, 15) is 4.79 Å². The molecular formula is C6H14N2O2. The van der Waals surface area contributed by atoms with Crippen molar-refractivity contribution in [3.8, 4) is 0 Å². The standard InChI is InChI=1S/C6H14N2O2/c1-6(2,3)4(7)10-5(8)9/h4H,7H2,1-3H3,(H2,8,9). The molecule has 1 unspecified atom stereocenters. The van der Waals surface area contributed by atoms with Gasteiger partial charge in [-0.1, -0.05) is 20.8 Å². The summed E-state index contributed by atoms with van der Waals surface area (Å²) in [6, 6.07) is 0. The largest absolute Gasteiger partial charge is 0.430 e. The maximum atomic E-state index is 10.2. The molecule has 4 N–H and O–H groups in total. The first kappa shape index (κ1) is 9.23. The lowest BCUT2D eigenvalue weighted by molar-refractivity contribution is 0.0416. The Kier molecular flexibility index (Phi) is 2.65. The Bertz CT molecular complexity index is 128. The molecule has 0 aromatic heterocycles. The van der Waals surface area contributed by atoms with Crippen molar-refractivity contribution < 1.29 is 9.53 Å². The summed E-state index contributed by atoms with van der Waals surface area (Å²) < 4.78 is 4.53. The Morgan fingerprint density at radius 2 is 1.90 bits per heavy atom. The highest BCUT2D eigenvalue weighted by Crippen LogP contribution is 2.17. The van der Waals surface area contributed by atoms with Gasteiger partial charge in [0, 0.05) is 5.41 Å².